The lowest BCUT2D eigenvalue weighted by Crippen LogP contribution is -2.36. The van der Waals surface area contributed by atoms with Gasteiger partial charge in [-0.25, -0.2) is 4.98 Å². The van der Waals surface area contributed by atoms with Crippen LogP contribution in [0.2, 0.25) is 0 Å². The van der Waals surface area contributed by atoms with Crippen molar-refractivity contribution in [2.75, 3.05) is 18.0 Å². The number of Topliss-reactive ketones (excluding diaryl/α,β-unsaturated/α-hetero) is 1. The lowest BCUT2D eigenvalue weighted by atomic mass is 10.1. The molecule has 2 heterocycles. The van der Waals surface area contributed by atoms with Crippen LogP contribution >= 0.6 is 0 Å². The molecule has 1 aliphatic heterocycles. The average Bonchev–Trinajstić information content (AvgIpc) is 2.28. The van der Waals surface area contributed by atoms with Gasteiger partial charge in [0.15, 0.2) is 5.78 Å². The molecule has 0 amide bonds. The predicted molar refractivity (Wildman–Crippen MR) is 64.9 cm³/mol. The Morgan fingerprint density at radius 2 is 2.24 bits per heavy atom. The fourth-order valence-corrected chi connectivity index (χ4v) is 2.20. The number of anilines is 1. The monoisotopic (exact) mass is 229 g/mol. The molecule has 4 heteroatoms. The number of piperidine rings is 1. The van der Waals surface area contributed by atoms with Crippen molar-refractivity contribution in [3.05, 3.63) is 22.9 Å². The third-order valence-corrected chi connectivity index (χ3v) is 2.99. The molecule has 0 spiro atoms. The average molecular weight is 229 g/mol. The van der Waals surface area contributed by atoms with Crippen LogP contribution in [0.5, 0.6) is 0 Å². The minimum absolute atomic E-state index is 0.223. The van der Waals surface area contributed by atoms with E-state index in [2.05, 4.69) is 11.1 Å². The Bertz CT molecular complexity index is 502. The number of hydrogen-bond acceptors (Lipinski definition) is 4. The molecule has 0 bridgehead atoms. The topological polar surface area (TPSA) is 57.0 Å². The molecule has 1 fully saturated rings. The van der Waals surface area contributed by atoms with Crippen molar-refractivity contribution >= 4 is 11.6 Å². The Hall–Kier alpha value is -1.89. The highest BCUT2D eigenvalue weighted by atomic mass is 16.1. The summed E-state index contributed by atoms with van der Waals surface area (Å²) in [6.45, 7) is 4.99. The third-order valence-electron chi connectivity index (χ3n) is 2.99. The zero-order chi connectivity index (χ0) is 12.4. The van der Waals surface area contributed by atoms with Crippen LogP contribution in [0, 0.1) is 25.2 Å². The van der Waals surface area contributed by atoms with E-state index in [-0.39, 0.29) is 5.78 Å². The van der Waals surface area contributed by atoms with E-state index >= 15 is 0 Å². The molecule has 0 aliphatic carbocycles. The predicted octanol–water partition coefficient (Wildman–Crippen LogP) is 1.74. The number of carbonyl (C=O) groups is 1. The summed E-state index contributed by atoms with van der Waals surface area (Å²) in [5.41, 5.74) is 2.40. The van der Waals surface area contributed by atoms with E-state index in [1.807, 2.05) is 24.8 Å². The van der Waals surface area contributed by atoms with Crippen LogP contribution < -0.4 is 4.90 Å². The van der Waals surface area contributed by atoms with E-state index in [0.29, 0.717) is 24.3 Å². The van der Waals surface area contributed by atoms with E-state index < -0.39 is 0 Å². The second-order valence-corrected chi connectivity index (χ2v) is 4.45. The number of aromatic nitrogens is 1. The number of ketones is 1. The molecular formula is C13H15N3O. The smallest absolute Gasteiger partial charge is 0.152 e. The van der Waals surface area contributed by atoms with Crippen molar-refractivity contribution in [2.45, 2.75) is 26.7 Å². The summed E-state index contributed by atoms with van der Waals surface area (Å²) in [4.78, 5) is 17.8. The third kappa shape index (κ3) is 2.28. The SMILES string of the molecule is Cc1cc(C)c(C#N)c(N2CCCC(=O)C2)n1. The van der Waals surface area contributed by atoms with Gasteiger partial charge in [0.25, 0.3) is 0 Å². The normalized spacial score (nSPS) is 15.8. The Balaban J connectivity index is 2.43. The summed E-state index contributed by atoms with van der Waals surface area (Å²) < 4.78 is 0. The molecular weight excluding hydrogens is 214 g/mol. The quantitative estimate of drug-likeness (QED) is 0.736. The van der Waals surface area contributed by atoms with Crippen LogP contribution in [-0.4, -0.2) is 23.9 Å². The molecule has 1 saturated heterocycles. The molecule has 88 valence electrons. The molecule has 1 aliphatic rings. The van der Waals surface area contributed by atoms with Gasteiger partial charge >= 0.3 is 0 Å². The lowest BCUT2D eigenvalue weighted by Gasteiger charge is -2.28. The van der Waals surface area contributed by atoms with E-state index in [4.69, 9.17) is 0 Å². The highest BCUT2D eigenvalue weighted by molar-refractivity contribution is 5.84. The molecule has 4 nitrogen and oxygen atoms in total. The number of rotatable bonds is 1. The fraction of sp³-hybridized carbons (Fsp3) is 0.462. The maximum Gasteiger partial charge on any atom is 0.152 e. The van der Waals surface area contributed by atoms with Crippen molar-refractivity contribution in [1.29, 1.82) is 5.26 Å². The Labute approximate surface area is 101 Å². The Morgan fingerprint density at radius 1 is 1.47 bits per heavy atom. The molecule has 2 rings (SSSR count). The first-order valence-corrected chi connectivity index (χ1v) is 5.77. The van der Waals surface area contributed by atoms with Gasteiger partial charge < -0.3 is 4.90 Å². The zero-order valence-corrected chi connectivity index (χ0v) is 10.2. The van der Waals surface area contributed by atoms with Crippen LogP contribution in [0.3, 0.4) is 0 Å². The van der Waals surface area contributed by atoms with Gasteiger partial charge in [-0.05, 0) is 31.9 Å². The molecule has 0 atom stereocenters. The molecule has 0 saturated carbocycles. The van der Waals surface area contributed by atoms with Crippen molar-refractivity contribution in [3.8, 4) is 6.07 Å². The molecule has 0 N–H and O–H groups in total. The Kier molecular flexibility index (Phi) is 3.10. The van der Waals surface area contributed by atoms with E-state index in [1.54, 1.807) is 0 Å². The molecule has 1 aromatic heterocycles. The van der Waals surface area contributed by atoms with Crippen molar-refractivity contribution < 1.29 is 4.79 Å². The van der Waals surface area contributed by atoms with Gasteiger partial charge in [-0.15, -0.1) is 0 Å². The van der Waals surface area contributed by atoms with Gasteiger partial charge in [-0.3, -0.25) is 4.79 Å². The summed E-state index contributed by atoms with van der Waals surface area (Å²) in [6, 6.07) is 4.08. The first-order valence-electron chi connectivity index (χ1n) is 5.77. The Morgan fingerprint density at radius 3 is 2.88 bits per heavy atom. The number of hydrogen-bond donors (Lipinski definition) is 0. The fourth-order valence-electron chi connectivity index (χ4n) is 2.20. The highest BCUT2D eigenvalue weighted by Gasteiger charge is 2.21. The van der Waals surface area contributed by atoms with Gasteiger partial charge in [0.05, 0.1) is 12.1 Å². The van der Waals surface area contributed by atoms with Crippen LogP contribution in [0.4, 0.5) is 5.82 Å². The zero-order valence-electron chi connectivity index (χ0n) is 10.2. The minimum Gasteiger partial charge on any atom is -0.348 e. The first kappa shape index (κ1) is 11.6. The number of carbonyl (C=O) groups excluding carboxylic acids is 1. The summed E-state index contributed by atoms with van der Waals surface area (Å²) >= 11 is 0. The molecule has 1 aromatic rings. The van der Waals surface area contributed by atoms with E-state index in [0.717, 1.165) is 24.2 Å². The first-order chi connectivity index (χ1) is 8.11. The van der Waals surface area contributed by atoms with Crippen LogP contribution in [0.25, 0.3) is 0 Å². The lowest BCUT2D eigenvalue weighted by molar-refractivity contribution is -0.118. The maximum atomic E-state index is 11.5. The van der Waals surface area contributed by atoms with E-state index in [1.165, 1.54) is 0 Å². The van der Waals surface area contributed by atoms with Gasteiger partial charge in [0.2, 0.25) is 0 Å². The number of nitriles is 1. The van der Waals surface area contributed by atoms with Gasteiger partial charge in [-0.1, -0.05) is 0 Å². The molecule has 0 aromatic carbocycles. The van der Waals surface area contributed by atoms with Crippen LogP contribution in [-0.2, 0) is 4.79 Å². The largest absolute Gasteiger partial charge is 0.348 e. The summed E-state index contributed by atoms with van der Waals surface area (Å²) in [7, 11) is 0. The second-order valence-electron chi connectivity index (χ2n) is 4.45. The molecule has 0 radical (unpaired) electrons. The van der Waals surface area contributed by atoms with Crippen LogP contribution in [0.15, 0.2) is 6.07 Å². The highest BCUT2D eigenvalue weighted by Crippen LogP contribution is 2.23. The molecule has 0 unspecified atom stereocenters. The van der Waals surface area contributed by atoms with Crippen molar-refractivity contribution in [1.82, 2.24) is 4.98 Å². The van der Waals surface area contributed by atoms with Crippen molar-refractivity contribution in [2.24, 2.45) is 0 Å². The number of pyridine rings is 1. The summed E-state index contributed by atoms with van der Waals surface area (Å²) in [5, 5.41) is 9.19. The maximum absolute atomic E-state index is 11.5. The second kappa shape index (κ2) is 4.54. The standard InChI is InChI=1S/C13H15N3O/c1-9-6-10(2)15-13(12(9)7-14)16-5-3-4-11(17)8-16/h6H,3-5,8H2,1-2H3. The van der Waals surface area contributed by atoms with Gasteiger partial charge in [-0.2, -0.15) is 5.26 Å². The molecule has 17 heavy (non-hydrogen) atoms. The summed E-state index contributed by atoms with van der Waals surface area (Å²) in [6.07, 6.45) is 1.49. The van der Waals surface area contributed by atoms with E-state index in [9.17, 15) is 10.1 Å². The van der Waals surface area contributed by atoms with Crippen LogP contribution in [0.1, 0.15) is 29.7 Å². The van der Waals surface area contributed by atoms with Crippen molar-refractivity contribution in [3.63, 3.8) is 0 Å². The minimum atomic E-state index is 0.223. The van der Waals surface area contributed by atoms with Gasteiger partial charge in [0.1, 0.15) is 11.9 Å². The number of aryl methyl sites for hydroxylation is 2. The summed E-state index contributed by atoms with van der Waals surface area (Å²) in [5.74, 6) is 0.888. The number of nitrogens with zero attached hydrogens (tertiary/aromatic N) is 3. The van der Waals surface area contributed by atoms with Gasteiger partial charge in [0, 0.05) is 18.7 Å².